The predicted molar refractivity (Wildman–Crippen MR) is 126 cm³/mol. The Morgan fingerprint density at radius 1 is 1.24 bits per heavy atom. The second kappa shape index (κ2) is 11.1. The molecule has 2 heterocycles. The van der Waals surface area contributed by atoms with Crippen LogP contribution in [0, 0.1) is 17.1 Å². The van der Waals surface area contributed by atoms with Gasteiger partial charge < -0.3 is 14.2 Å². The molecule has 1 aromatic heterocycles. The van der Waals surface area contributed by atoms with Gasteiger partial charge in [-0.25, -0.2) is 9.37 Å². The van der Waals surface area contributed by atoms with Crippen molar-refractivity contribution in [1.29, 1.82) is 5.26 Å². The first-order valence-corrected chi connectivity index (χ1v) is 11.9. The van der Waals surface area contributed by atoms with Gasteiger partial charge in [0.05, 0.1) is 42.8 Å². The first-order valence-electron chi connectivity index (χ1n) is 10.9. The molecule has 170 valence electrons. The third-order valence-electron chi connectivity index (χ3n) is 5.51. The fourth-order valence-corrected chi connectivity index (χ4v) is 4.73. The molecule has 0 aliphatic carbocycles. The second-order valence-corrected chi connectivity index (χ2v) is 8.70. The van der Waals surface area contributed by atoms with E-state index in [2.05, 4.69) is 15.6 Å². The SMILES string of the molecule is N#CCCN(C(=O)CSc1ncc(-c2ccccc2)n1C[C@H]1CCCO1)c1ccc(F)cc1. The van der Waals surface area contributed by atoms with Crippen molar-refractivity contribution in [3.05, 3.63) is 66.6 Å². The largest absolute Gasteiger partial charge is 0.376 e. The number of imidazole rings is 1. The summed E-state index contributed by atoms with van der Waals surface area (Å²) in [7, 11) is 0. The number of nitrogens with zero attached hydrogens (tertiary/aromatic N) is 4. The zero-order valence-electron chi connectivity index (χ0n) is 18.2. The fourth-order valence-electron chi connectivity index (χ4n) is 3.87. The van der Waals surface area contributed by atoms with Crippen molar-refractivity contribution in [3.8, 4) is 17.3 Å². The van der Waals surface area contributed by atoms with Crippen LogP contribution in [0.5, 0.6) is 0 Å². The minimum Gasteiger partial charge on any atom is -0.376 e. The average molecular weight is 465 g/mol. The number of carbonyl (C=O) groups is 1. The molecule has 0 unspecified atom stereocenters. The van der Waals surface area contributed by atoms with Gasteiger partial charge in [-0.2, -0.15) is 5.26 Å². The van der Waals surface area contributed by atoms with Gasteiger partial charge in [0.1, 0.15) is 5.82 Å². The molecule has 1 amide bonds. The van der Waals surface area contributed by atoms with E-state index >= 15 is 0 Å². The summed E-state index contributed by atoms with van der Waals surface area (Å²) in [4.78, 5) is 19.2. The smallest absolute Gasteiger partial charge is 0.237 e. The molecule has 0 N–H and O–H groups in total. The van der Waals surface area contributed by atoms with Crippen molar-refractivity contribution >= 4 is 23.4 Å². The van der Waals surface area contributed by atoms with Crippen LogP contribution in [0.25, 0.3) is 11.3 Å². The van der Waals surface area contributed by atoms with E-state index in [4.69, 9.17) is 10.00 Å². The van der Waals surface area contributed by atoms with E-state index in [1.807, 2.05) is 36.5 Å². The zero-order chi connectivity index (χ0) is 23.0. The van der Waals surface area contributed by atoms with E-state index in [1.165, 1.54) is 28.8 Å². The highest BCUT2D eigenvalue weighted by atomic mass is 32.2. The van der Waals surface area contributed by atoms with Crippen LogP contribution in [-0.4, -0.2) is 40.5 Å². The molecule has 3 aromatic rings. The molecule has 6 nitrogen and oxygen atoms in total. The van der Waals surface area contributed by atoms with Crippen LogP contribution < -0.4 is 4.90 Å². The molecule has 8 heteroatoms. The first-order chi connectivity index (χ1) is 16.2. The van der Waals surface area contributed by atoms with Crippen LogP contribution in [-0.2, 0) is 16.1 Å². The summed E-state index contributed by atoms with van der Waals surface area (Å²) in [5.41, 5.74) is 2.62. The highest BCUT2D eigenvalue weighted by Gasteiger charge is 2.22. The maximum Gasteiger partial charge on any atom is 0.237 e. The molecule has 2 aromatic carbocycles. The van der Waals surface area contributed by atoms with Gasteiger partial charge in [0, 0.05) is 18.8 Å². The van der Waals surface area contributed by atoms with Crippen LogP contribution in [0.1, 0.15) is 19.3 Å². The topological polar surface area (TPSA) is 71.2 Å². The molecule has 33 heavy (non-hydrogen) atoms. The van der Waals surface area contributed by atoms with Crippen LogP contribution in [0.4, 0.5) is 10.1 Å². The Hall–Kier alpha value is -3.15. The standard InChI is InChI=1S/C25H25FN4O2S/c26-20-9-11-21(12-10-20)29(14-5-13-27)24(31)18-33-25-28-16-23(19-6-2-1-3-7-19)30(25)17-22-8-4-15-32-22/h1-3,6-7,9-12,16,22H,4-5,8,14-15,17-18H2/t22-/m1/s1. The highest BCUT2D eigenvalue weighted by molar-refractivity contribution is 7.99. The molecule has 0 spiro atoms. The number of nitriles is 1. The Morgan fingerprint density at radius 2 is 2.03 bits per heavy atom. The number of halogens is 1. The van der Waals surface area contributed by atoms with E-state index < -0.39 is 0 Å². The predicted octanol–water partition coefficient (Wildman–Crippen LogP) is 4.91. The van der Waals surface area contributed by atoms with E-state index in [9.17, 15) is 9.18 Å². The van der Waals surface area contributed by atoms with Gasteiger partial charge in [0.2, 0.25) is 5.91 Å². The van der Waals surface area contributed by atoms with Crippen molar-refractivity contribution in [2.45, 2.75) is 37.1 Å². The van der Waals surface area contributed by atoms with E-state index in [0.717, 1.165) is 35.9 Å². The van der Waals surface area contributed by atoms with Crippen molar-refractivity contribution in [2.75, 3.05) is 23.8 Å². The molecule has 1 aliphatic heterocycles. The monoisotopic (exact) mass is 464 g/mol. The highest BCUT2D eigenvalue weighted by Crippen LogP contribution is 2.29. The molecular formula is C25H25FN4O2S. The van der Waals surface area contributed by atoms with E-state index in [1.54, 1.807) is 12.1 Å². The number of thioether (sulfide) groups is 1. The Kier molecular flexibility index (Phi) is 7.76. The van der Waals surface area contributed by atoms with Crippen molar-refractivity contribution in [3.63, 3.8) is 0 Å². The summed E-state index contributed by atoms with van der Waals surface area (Å²) in [6.45, 7) is 1.70. The molecule has 0 bridgehead atoms. The van der Waals surface area contributed by atoms with Gasteiger partial charge in [-0.05, 0) is 42.7 Å². The zero-order valence-corrected chi connectivity index (χ0v) is 19.0. The van der Waals surface area contributed by atoms with Crippen molar-refractivity contribution < 1.29 is 13.9 Å². The Balaban J connectivity index is 1.53. The lowest BCUT2D eigenvalue weighted by Gasteiger charge is -2.22. The number of hydrogen-bond donors (Lipinski definition) is 0. The van der Waals surface area contributed by atoms with Crippen molar-refractivity contribution in [1.82, 2.24) is 9.55 Å². The van der Waals surface area contributed by atoms with Gasteiger partial charge in [0.15, 0.2) is 5.16 Å². The third-order valence-corrected chi connectivity index (χ3v) is 6.49. The first kappa shape index (κ1) is 23.0. The van der Waals surface area contributed by atoms with Gasteiger partial charge >= 0.3 is 0 Å². The van der Waals surface area contributed by atoms with Crippen LogP contribution in [0.2, 0.25) is 0 Å². The number of amides is 1. The lowest BCUT2D eigenvalue weighted by atomic mass is 10.1. The van der Waals surface area contributed by atoms with Gasteiger partial charge in [-0.1, -0.05) is 42.1 Å². The Morgan fingerprint density at radius 3 is 2.73 bits per heavy atom. The molecule has 0 radical (unpaired) electrons. The number of carbonyl (C=O) groups excluding carboxylic acids is 1. The summed E-state index contributed by atoms with van der Waals surface area (Å²) < 4.78 is 21.3. The number of anilines is 1. The lowest BCUT2D eigenvalue weighted by Crippen LogP contribution is -2.33. The summed E-state index contributed by atoms with van der Waals surface area (Å²) in [5.74, 6) is -0.375. The van der Waals surface area contributed by atoms with Crippen LogP contribution in [0.15, 0.2) is 66.0 Å². The second-order valence-electron chi connectivity index (χ2n) is 7.76. The molecule has 1 saturated heterocycles. The normalized spacial score (nSPS) is 15.3. The Labute approximate surface area is 197 Å². The maximum atomic E-state index is 13.3. The maximum absolute atomic E-state index is 13.3. The Bertz CT molecular complexity index is 1110. The summed E-state index contributed by atoms with van der Waals surface area (Å²) in [6, 6.07) is 17.9. The number of rotatable bonds is 9. The van der Waals surface area contributed by atoms with Crippen molar-refractivity contribution in [2.24, 2.45) is 0 Å². The van der Waals surface area contributed by atoms with Crippen LogP contribution in [0.3, 0.4) is 0 Å². The molecule has 0 saturated carbocycles. The van der Waals surface area contributed by atoms with E-state index in [-0.39, 0.29) is 36.5 Å². The van der Waals surface area contributed by atoms with E-state index in [0.29, 0.717) is 12.2 Å². The van der Waals surface area contributed by atoms with Gasteiger partial charge in [-0.3, -0.25) is 4.79 Å². The summed E-state index contributed by atoms with van der Waals surface area (Å²) in [5, 5.41) is 9.75. The fraction of sp³-hybridized carbons (Fsp3) is 0.320. The summed E-state index contributed by atoms with van der Waals surface area (Å²) in [6.07, 6.45) is 4.21. The molecule has 1 atom stereocenters. The average Bonchev–Trinajstić information content (AvgIpc) is 3.50. The summed E-state index contributed by atoms with van der Waals surface area (Å²) >= 11 is 1.36. The minimum absolute atomic E-state index is 0.128. The number of aromatic nitrogens is 2. The number of ether oxygens (including phenoxy) is 1. The molecule has 4 rings (SSSR count). The van der Waals surface area contributed by atoms with Gasteiger partial charge in [0.25, 0.3) is 0 Å². The third kappa shape index (κ3) is 5.81. The lowest BCUT2D eigenvalue weighted by molar-refractivity contribution is -0.116. The van der Waals surface area contributed by atoms with Gasteiger partial charge in [-0.15, -0.1) is 0 Å². The minimum atomic E-state index is -0.370. The number of benzene rings is 2. The molecule has 1 aliphatic rings. The quantitative estimate of drug-likeness (QED) is 0.421. The molecular weight excluding hydrogens is 439 g/mol. The molecule has 1 fully saturated rings. The number of hydrogen-bond acceptors (Lipinski definition) is 5. The van der Waals surface area contributed by atoms with Crippen LogP contribution >= 0.6 is 11.8 Å².